The van der Waals surface area contributed by atoms with Gasteiger partial charge in [0.15, 0.2) is 6.29 Å². The van der Waals surface area contributed by atoms with Crippen LogP contribution in [0.1, 0.15) is 43.8 Å². The second kappa shape index (κ2) is 6.37. The zero-order valence-electron chi connectivity index (χ0n) is 14.5. The van der Waals surface area contributed by atoms with Crippen molar-refractivity contribution in [2.75, 3.05) is 14.1 Å². The number of likely N-dealkylation sites (N-methyl/N-ethyl adjacent to an activating group) is 1. The first-order chi connectivity index (χ1) is 12.1. The largest absolute Gasteiger partial charge is 0.377 e. The number of thioether (sulfide) groups is 1. The summed E-state index contributed by atoms with van der Waals surface area (Å²) >= 11 is 1.51. The van der Waals surface area contributed by atoms with E-state index in [1.54, 1.807) is 12.5 Å². The SMILES string of the molecule is CN(C)C1=C2c3ncn(C4CCCCC4)c(=O)c3SC2NC=C1C=O. The van der Waals surface area contributed by atoms with E-state index >= 15 is 0 Å². The van der Waals surface area contributed by atoms with Crippen molar-refractivity contribution in [3.8, 4) is 0 Å². The molecule has 0 amide bonds. The molecule has 6 nitrogen and oxygen atoms in total. The molecule has 1 atom stereocenters. The molecule has 1 aromatic heterocycles. The third-order valence-corrected chi connectivity index (χ3v) is 6.38. The van der Waals surface area contributed by atoms with Gasteiger partial charge in [0.25, 0.3) is 5.56 Å². The van der Waals surface area contributed by atoms with Gasteiger partial charge in [-0.3, -0.25) is 14.2 Å². The van der Waals surface area contributed by atoms with Crippen molar-refractivity contribution in [3.63, 3.8) is 0 Å². The average molecular weight is 358 g/mol. The summed E-state index contributed by atoms with van der Waals surface area (Å²) in [5.41, 5.74) is 3.13. The number of dihydropyridines is 1. The van der Waals surface area contributed by atoms with E-state index in [4.69, 9.17) is 0 Å². The van der Waals surface area contributed by atoms with Crippen molar-refractivity contribution in [3.05, 3.63) is 39.8 Å². The highest BCUT2D eigenvalue weighted by atomic mass is 32.2. The molecule has 3 aliphatic rings. The molecule has 0 saturated heterocycles. The normalized spacial score (nSPS) is 22.8. The number of carbonyl (C=O) groups is 1. The summed E-state index contributed by atoms with van der Waals surface area (Å²) < 4.78 is 1.83. The number of aromatic nitrogens is 2. The molecule has 4 rings (SSSR count). The quantitative estimate of drug-likeness (QED) is 0.835. The number of hydrogen-bond donors (Lipinski definition) is 1. The lowest BCUT2D eigenvalue weighted by atomic mass is 9.95. The number of nitrogens with one attached hydrogen (secondary N) is 1. The molecule has 0 aromatic carbocycles. The van der Waals surface area contributed by atoms with Crippen molar-refractivity contribution >= 4 is 23.6 Å². The Morgan fingerprint density at radius 3 is 2.76 bits per heavy atom. The highest BCUT2D eigenvalue weighted by Crippen LogP contribution is 2.45. The van der Waals surface area contributed by atoms with Crippen LogP contribution in [0.25, 0.3) is 5.57 Å². The molecule has 1 N–H and O–H groups in total. The van der Waals surface area contributed by atoms with E-state index in [2.05, 4.69) is 10.3 Å². The van der Waals surface area contributed by atoms with Crippen LogP contribution in [0.4, 0.5) is 0 Å². The zero-order valence-corrected chi connectivity index (χ0v) is 15.3. The van der Waals surface area contributed by atoms with Gasteiger partial charge >= 0.3 is 0 Å². The van der Waals surface area contributed by atoms with Crippen LogP contribution in [-0.2, 0) is 4.79 Å². The van der Waals surface area contributed by atoms with Crippen molar-refractivity contribution in [2.24, 2.45) is 0 Å². The van der Waals surface area contributed by atoms with Crippen LogP contribution in [0.5, 0.6) is 0 Å². The maximum Gasteiger partial charge on any atom is 0.267 e. The number of rotatable bonds is 3. The highest BCUT2D eigenvalue weighted by molar-refractivity contribution is 8.00. The molecule has 1 aliphatic carbocycles. The topological polar surface area (TPSA) is 67.2 Å². The van der Waals surface area contributed by atoms with Crippen LogP contribution < -0.4 is 10.9 Å². The number of hydrogen-bond acceptors (Lipinski definition) is 6. The van der Waals surface area contributed by atoms with E-state index in [0.29, 0.717) is 10.5 Å². The number of allylic oxidation sites excluding steroid dienone is 1. The molecule has 0 spiro atoms. The Bertz CT molecular complexity index is 834. The smallest absolute Gasteiger partial charge is 0.267 e. The van der Waals surface area contributed by atoms with Crippen LogP contribution in [0.3, 0.4) is 0 Å². The minimum Gasteiger partial charge on any atom is -0.377 e. The van der Waals surface area contributed by atoms with Gasteiger partial charge in [-0.25, -0.2) is 4.98 Å². The van der Waals surface area contributed by atoms with E-state index in [1.807, 2.05) is 23.6 Å². The van der Waals surface area contributed by atoms with Crippen LogP contribution in [0.2, 0.25) is 0 Å². The third kappa shape index (κ3) is 2.61. The van der Waals surface area contributed by atoms with E-state index in [-0.39, 0.29) is 17.0 Å². The summed E-state index contributed by atoms with van der Waals surface area (Å²) in [5.74, 6) is 0. The maximum absolute atomic E-state index is 13.1. The monoisotopic (exact) mass is 358 g/mol. The van der Waals surface area contributed by atoms with Crippen molar-refractivity contribution in [1.29, 1.82) is 0 Å². The molecule has 3 heterocycles. The summed E-state index contributed by atoms with van der Waals surface area (Å²) in [5, 5.41) is 3.17. The Balaban J connectivity index is 1.83. The fourth-order valence-electron chi connectivity index (χ4n) is 4.00. The summed E-state index contributed by atoms with van der Waals surface area (Å²) in [6.45, 7) is 0. The lowest BCUT2D eigenvalue weighted by Crippen LogP contribution is -2.30. The number of nitrogens with zero attached hydrogens (tertiary/aromatic N) is 3. The molecule has 7 heteroatoms. The molecule has 1 unspecified atom stereocenters. The van der Waals surface area contributed by atoms with Gasteiger partial charge in [0.05, 0.1) is 23.3 Å². The molecular weight excluding hydrogens is 336 g/mol. The lowest BCUT2D eigenvalue weighted by Gasteiger charge is -2.27. The van der Waals surface area contributed by atoms with Gasteiger partial charge in [0.2, 0.25) is 0 Å². The number of fused-ring (bicyclic) bond motifs is 3. The minimum absolute atomic E-state index is 0.0522. The highest BCUT2D eigenvalue weighted by Gasteiger charge is 2.38. The van der Waals surface area contributed by atoms with E-state index < -0.39 is 0 Å². The molecule has 132 valence electrons. The standard InChI is InChI=1S/C18H22N4O2S/c1-21(2)15-11(9-23)8-19-17-13(15)14-16(25-17)18(24)22(10-20-14)12-6-4-3-5-7-12/h8-10,12,17,19H,3-7H2,1-2H3. The van der Waals surface area contributed by atoms with E-state index in [9.17, 15) is 9.59 Å². The van der Waals surface area contributed by atoms with E-state index in [1.165, 1.54) is 31.0 Å². The first-order valence-electron chi connectivity index (χ1n) is 8.73. The Morgan fingerprint density at radius 1 is 1.32 bits per heavy atom. The lowest BCUT2D eigenvalue weighted by molar-refractivity contribution is -0.104. The van der Waals surface area contributed by atoms with Crippen LogP contribution in [0.15, 0.2) is 33.5 Å². The van der Waals surface area contributed by atoms with Gasteiger partial charge in [0.1, 0.15) is 10.3 Å². The molecule has 1 aromatic rings. The zero-order chi connectivity index (χ0) is 17.6. The molecule has 25 heavy (non-hydrogen) atoms. The molecular formula is C18H22N4O2S. The summed E-state index contributed by atoms with van der Waals surface area (Å²) in [6.07, 6.45) is 9.99. The fraction of sp³-hybridized carbons (Fsp3) is 0.500. The van der Waals surface area contributed by atoms with Gasteiger partial charge in [-0.1, -0.05) is 31.0 Å². The maximum atomic E-state index is 13.1. The summed E-state index contributed by atoms with van der Waals surface area (Å²) in [7, 11) is 3.82. The Labute approximate surface area is 151 Å². The third-order valence-electron chi connectivity index (χ3n) is 5.17. The number of carbonyl (C=O) groups excluding carboxylic acids is 1. The van der Waals surface area contributed by atoms with Crippen molar-refractivity contribution < 1.29 is 4.79 Å². The minimum atomic E-state index is -0.0708. The Kier molecular flexibility index (Phi) is 4.19. The first kappa shape index (κ1) is 16.4. The van der Waals surface area contributed by atoms with Crippen molar-refractivity contribution in [2.45, 2.75) is 48.4 Å². The predicted octanol–water partition coefficient (Wildman–Crippen LogP) is 2.14. The molecule has 1 fully saturated rings. The van der Waals surface area contributed by atoms with Gasteiger partial charge < -0.3 is 10.2 Å². The number of aldehydes is 1. The molecule has 1 saturated carbocycles. The Morgan fingerprint density at radius 2 is 2.08 bits per heavy atom. The molecule has 0 radical (unpaired) electrons. The second-order valence-electron chi connectivity index (χ2n) is 6.97. The van der Waals surface area contributed by atoms with Crippen LogP contribution in [0, 0.1) is 0 Å². The van der Waals surface area contributed by atoms with E-state index in [0.717, 1.165) is 36.1 Å². The van der Waals surface area contributed by atoms with Gasteiger partial charge in [-0.2, -0.15) is 0 Å². The van der Waals surface area contributed by atoms with Gasteiger partial charge in [-0.15, -0.1) is 0 Å². The van der Waals surface area contributed by atoms with Crippen LogP contribution >= 0.6 is 11.8 Å². The summed E-state index contributed by atoms with van der Waals surface area (Å²) in [4.78, 5) is 31.8. The Hall–Kier alpha value is -2.02. The van der Waals surface area contributed by atoms with Gasteiger partial charge in [-0.05, 0) is 12.8 Å². The second-order valence-corrected chi connectivity index (χ2v) is 8.08. The average Bonchev–Trinajstić information content (AvgIpc) is 3.01. The van der Waals surface area contributed by atoms with Crippen molar-refractivity contribution in [1.82, 2.24) is 19.8 Å². The van der Waals surface area contributed by atoms with Crippen LogP contribution in [-0.4, -0.2) is 40.2 Å². The molecule has 2 aliphatic heterocycles. The predicted molar refractivity (Wildman–Crippen MR) is 98.2 cm³/mol. The first-order valence-corrected chi connectivity index (χ1v) is 9.61. The fourth-order valence-corrected chi connectivity index (χ4v) is 5.19. The summed E-state index contributed by atoms with van der Waals surface area (Å²) in [6, 6.07) is 0.265. The van der Waals surface area contributed by atoms with Gasteiger partial charge in [0, 0.05) is 31.9 Å². The molecule has 0 bridgehead atoms.